The Kier molecular flexibility index (Phi) is 3.77. The van der Waals surface area contributed by atoms with Gasteiger partial charge in [-0.2, -0.15) is 13.2 Å². The van der Waals surface area contributed by atoms with Crippen LogP contribution in [0.3, 0.4) is 0 Å². The van der Waals surface area contributed by atoms with Crippen molar-refractivity contribution in [2.24, 2.45) is 0 Å². The molecule has 0 saturated heterocycles. The summed E-state index contributed by atoms with van der Waals surface area (Å²) < 4.78 is 50.9. The number of halogens is 5. The fourth-order valence-electron chi connectivity index (χ4n) is 1.52. The molecule has 0 aliphatic heterocycles. The van der Waals surface area contributed by atoms with Gasteiger partial charge in [0.2, 0.25) is 0 Å². The van der Waals surface area contributed by atoms with Gasteiger partial charge >= 0.3 is 6.18 Å². The summed E-state index contributed by atoms with van der Waals surface area (Å²) in [5.74, 6) is -1.25. The second-order valence-corrected chi connectivity index (χ2v) is 5.51. The van der Waals surface area contributed by atoms with E-state index in [1.54, 1.807) is 6.07 Å². The predicted molar refractivity (Wildman–Crippen MR) is 66.5 cm³/mol. The van der Waals surface area contributed by atoms with Crippen LogP contribution >= 0.6 is 27.3 Å². The summed E-state index contributed by atoms with van der Waals surface area (Å²) in [6, 6.07) is 6.65. The third kappa shape index (κ3) is 2.75. The lowest BCUT2D eigenvalue weighted by Crippen LogP contribution is -2.09. The van der Waals surface area contributed by atoms with E-state index in [1.165, 1.54) is 17.4 Å². The molecular weight excluding hydrogens is 332 g/mol. The van der Waals surface area contributed by atoms with Crippen LogP contribution in [0.1, 0.15) is 20.8 Å². The molecule has 1 heterocycles. The zero-order chi connectivity index (χ0) is 13.3. The van der Waals surface area contributed by atoms with Gasteiger partial charge in [-0.1, -0.05) is 28.1 Å². The van der Waals surface area contributed by atoms with Crippen molar-refractivity contribution in [2.45, 2.75) is 11.0 Å². The molecule has 1 unspecified atom stereocenters. The van der Waals surface area contributed by atoms with Crippen LogP contribution in [0.2, 0.25) is 0 Å². The topological polar surface area (TPSA) is 0 Å². The molecule has 0 saturated carbocycles. The molecule has 2 rings (SSSR count). The monoisotopic (exact) mass is 338 g/mol. The van der Waals surface area contributed by atoms with E-state index >= 15 is 0 Å². The number of alkyl halides is 4. The van der Waals surface area contributed by atoms with Gasteiger partial charge in [0.1, 0.15) is 5.82 Å². The molecule has 0 spiro atoms. The molecule has 0 radical (unpaired) electrons. The Hall–Kier alpha value is -0.880. The number of rotatable bonds is 2. The first-order valence-electron chi connectivity index (χ1n) is 4.93. The van der Waals surface area contributed by atoms with Crippen LogP contribution in [0.25, 0.3) is 0 Å². The Morgan fingerprint density at radius 1 is 1.17 bits per heavy atom. The summed E-state index contributed by atoms with van der Waals surface area (Å²) in [5.41, 5.74) is -0.854. The first-order valence-corrected chi connectivity index (χ1v) is 6.73. The van der Waals surface area contributed by atoms with Gasteiger partial charge in [0.15, 0.2) is 0 Å². The van der Waals surface area contributed by atoms with Gasteiger partial charge < -0.3 is 0 Å². The lowest BCUT2D eigenvalue weighted by Gasteiger charge is -2.13. The quantitative estimate of drug-likeness (QED) is 0.508. The van der Waals surface area contributed by atoms with Gasteiger partial charge in [-0.15, -0.1) is 11.3 Å². The highest BCUT2D eigenvalue weighted by molar-refractivity contribution is 9.09. The van der Waals surface area contributed by atoms with Crippen LogP contribution in [0.5, 0.6) is 0 Å². The van der Waals surface area contributed by atoms with Crippen molar-refractivity contribution in [1.29, 1.82) is 0 Å². The smallest absolute Gasteiger partial charge is 0.206 e. The van der Waals surface area contributed by atoms with E-state index in [0.717, 1.165) is 17.0 Å². The van der Waals surface area contributed by atoms with Crippen molar-refractivity contribution in [3.63, 3.8) is 0 Å². The molecule has 0 aliphatic carbocycles. The maximum atomic E-state index is 13.1. The summed E-state index contributed by atoms with van der Waals surface area (Å²) in [6.45, 7) is 0. The minimum Gasteiger partial charge on any atom is -0.206 e. The van der Waals surface area contributed by atoms with E-state index < -0.39 is 17.6 Å². The lowest BCUT2D eigenvalue weighted by molar-refractivity contribution is -0.140. The van der Waals surface area contributed by atoms with Crippen LogP contribution in [0.15, 0.2) is 35.7 Å². The zero-order valence-electron chi connectivity index (χ0n) is 8.84. The second-order valence-electron chi connectivity index (χ2n) is 3.62. The molecule has 18 heavy (non-hydrogen) atoms. The number of benzene rings is 1. The van der Waals surface area contributed by atoms with Gasteiger partial charge in [-0.3, -0.25) is 0 Å². The molecule has 1 atom stereocenters. The van der Waals surface area contributed by atoms with Crippen molar-refractivity contribution in [1.82, 2.24) is 0 Å². The van der Waals surface area contributed by atoms with E-state index in [2.05, 4.69) is 15.9 Å². The second kappa shape index (κ2) is 5.01. The van der Waals surface area contributed by atoms with Gasteiger partial charge in [-0.05, 0) is 29.1 Å². The summed E-state index contributed by atoms with van der Waals surface area (Å²) >= 11 is 4.74. The Morgan fingerprint density at radius 3 is 2.44 bits per heavy atom. The highest BCUT2D eigenvalue weighted by atomic mass is 79.9. The Morgan fingerprint density at radius 2 is 1.89 bits per heavy atom. The maximum Gasteiger partial charge on any atom is 0.419 e. The van der Waals surface area contributed by atoms with Gasteiger partial charge in [0.05, 0.1) is 10.4 Å². The van der Waals surface area contributed by atoms with E-state index in [0.29, 0.717) is 5.56 Å². The zero-order valence-corrected chi connectivity index (χ0v) is 11.2. The van der Waals surface area contributed by atoms with Gasteiger partial charge in [-0.25, -0.2) is 4.39 Å². The Balaban J connectivity index is 2.42. The molecule has 0 nitrogen and oxygen atoms in total. The molecular formula is C12H7BrF4S. The first kappa shape index (κ1) is 13.5. The fourth-order valence-corrected chi connectivity index (χ4v) is 3.01. The summed E-state index contributed by atoms with van der Waals surface area (Å²) in [7, 11) is 0. The minimum absolute atomic E-state index is 0.362. The standard InChI is InChI=1S/C12H7BrF4S/c13-11(10-2-1-5-18-10)7-3-4-9(14)8(6-7)12(15,16)17/h1-6,11H. The maximum absolute atomic E-state index is 13.1. The van der Waals surface area contributed by atoms with Crippen molar-refractivity contribution in [3.05, 3.63) is 57.5 Å². The van der Waals surface area contributed by atoms with Crippen LogP contribution < -0.4 is 0 Å². The summed E-state index contributed by atoms with van der Waals surface area (Å²) in [4.78, 5) is 0.508. The first-order chi connectivity index (χ1) is 8.39. The molecule has 1 aromatic carbocycles. The molecule has 0 N–H and O–H groups in total. The van der Waals surface area contributed by atoms with Crippen molar-refractivity contribution in [3.8, 4) is 0 Å². The van der Waals surface area contributed by atoms with Crippen LogP contribution in [-0.4, -0.2) is 0 Å². The van der Waals surface area contributed by atoms with E-state index in [1.807, 2.05) is 11.4 Å². The van der Waals surface area contributed by atoms with Crippen LogP contribution in [-0.2, 0) is 6.18 Å². The van der Waals surface area contributed by atoms with E-state index in [9.17, 15) is 17.6 Å². The highest BCUT2D eigenvalue weighted by Gasteiger charge is 2.34. The van der Waals surface area contributed by atoms with Crippen LogP contribution in [0, 0.1) is 5.82 Å². The Bertz CT molecular complexity index is 534. The Labute approximate surface area is 113 Å². The number of thiophene rings is 1. The summed E-state index contributed by atoms with van der Waals surface area (Å²) in [6.07, 6.45) is -4.68. The van der Waals surface area contributed by atoms with Crippen molar-refractivity contribution < 1.29 is 17.6 Å². The van der Waals surface area contributed by atoms with E-state index in [4.69, 9.17) is 0 Å². The third-order valence-corrected chi connectivity index (χ3v) is 4.64. The minimum atomic E-state index is -4.68. The molecule has 0 bridgehead atoms. The highest BCUT2D eigenvalue weighted by Crippen LogP contribution is 2.38. The summed E-state index contributed by atoms with van der Waals surface area (Å²) in [5, 5.41) is 1.83. The lowest BCUT2D eigenvalue weighted by atomic mass is 10.1. The fraction of sp³-hybridized carbons (Fsp3) is 0.167. The molecule has 2 aromatic rings. The molecule has 1 aromatic heterocycles. The molecule has 6 heteroatoms. The van der Waals surface area contributed by atoms with E-state index in [-0.39, 0.29) is 4.83 Å². The average Bonchev–Trinajstić information content (AvgIpc) is 2.80. The third-order valence-electron chi connectivity index (χ3n) is 2.38. The van der Waals surface area contributed by atoms with Gasteiger partial charge in [0.25, 0.3) is 0 Å². The molecule has 0 fully saturated rings. The van der Waals surface area contributed by atoms with Crippen molar-refractivity contribution >= 4 is 27.3 Å². The molecule has 0 aliphatic rings. The average molecular weight is 339 g/mol. The van der Waals surface area contributed by atoms with Crippen molar-refractivity contribution in [2.75, 3.05) is 0 Å². The number of hydrogen-bond acceptors (Lipinski definition) is 1. The predicted octanol–water partition coefficient (Wildman–Crippen LogP) is 5.39. The SMILES string of the molecule is Fc1ccc(C(Br)c2cccs2)cc1C(F)(F)F. The van der Waals surface area contributed by atoms with Crippen LogP contribution in [0.4, 0.5) is 17.6 Å². The van der Waals surface area contributed by atoms with Gasteiger partial charge in [0, 0.05) is 4.88 Å². The number of hydrogen-bond donors (Lipinski definition) is 0. The molecule has 0 amide bonds. The largest absolute Gasteiger partial charge is 0.419 e. The normalized spacial score (nSPS) is 13.6. The molecule has 96 valence electrons.